The summed E-state index contributed by atoms with van der Waals surface area (Å²) in [6.07, 6.45) is 14.3. The molecule has 5 heterocycles. The van der Waals surface area contributed by atoms with Crippen LogP contribution in [0.2, 0.25) is 0 Å². The largest absolute Gasteiger partial charge is 0.460 e. The summed E-state index contributed by atoms with van der Waals surface area (Å²) < 4.78 is 11.6. The maximum atomic E-state index is 6.14. The first-order chi connectivity index (χ1) is 17.6. The highest BCUT2D eigenvalue weighted by atomic mass is 32.1. The maximum Gasteiger partial charge on any atom is 0.317 e. The fourth-order valence-corrected chi connectivity index (χ4v) is 6.22. The van der Waals surface area contributed by atoms with E-state index < -0.39 is 0 Å². The van der Waals surface area contributed by atoms with Crippen molar-refractivity contribution < 1.29 is 9.47 Å². The molecule has 0 bridgehead atoms. The predicted octanol–water partition coefficient (Wildman–Crippen LogP) is 4.67. The lowest BCUT2D eigenvalue weighted by Crippen LogP contribution is -2.46. The van der Waals surface area contributed by atoms with Gasteiger partial charge in [-0.2, -0.15) is 4.98 Å². The van der Waals surface area contributed by atoms with Crippen molar-refractivity contribution in [3.05, 3.63) is 36.4 Å². The molecular weight excluding hydrogens is 474 g/mol. The molecule has 9 nitrogen and oxygen atoms in total. The van der Waals surface area contributed by atoms with Crippen LogP contribution in [0.15, 0.2) is 30.9 Å². The van der Waals surface area contributed by atoms with Crippen molar-refractivity contribution in [3.8, 4) is 16.6 Å². The lowest BCUT2D eigenvalue weighted by atomic mass is 9.72. The molecule has 2 aliphatic heterocycles. The van der Waals surface area contributed by atoms with Gasteiger partial charge in [0, 0.05) is 36.2 Å². The minimum atomic E-state index is 0.169. The Morgan fingerprint density at radius 2 is 1.89 bits per heavy atom. The molecule has 0 radical (unpaired) electrons. The number of hydrogen-bond acceptors (Lipinski definition) is 10. The van der Waals surface area contributed by atoms with Crippen molar-refractivity contribution in [3.63, 3.8) is 0 Å². The zero-order valence-electron chi connectivity index (χ0n) is 20.9. The number of nitrogens with zero attached hydrogens (tertiary/aromatic N) is 6. The van der Waals surface area contributed by atoms with Crippen LogP contribution in [0, 0.1) is 5.41 Å². The van der Waals surface area contributed by atoms with E-state index >= 15 is 0 Å². The number of aromatic nitrogens is 5. The van der Waals surface area contributed by atoms with E-state index in [2.05, 4.69) is 49.1 Å². The number of piperidine rings is 1. The first-order valence-electron chi connectivity index (χ1n) is 12.9. The van der Waals surface area contributed by atoms with Crippen LogP contribution in [0.25, 0.3) is 10.6 Å². The van der Waals surface area contributed by atoms with E-state index in [1.165, 1.54) is 16.9 Å². The highest BCUT2D eigenvalue weighted by molar-refractivity contribution is 7.18. The Hall–Kier alpha value is -2.69. The number of likely N-dealkylation sites (tertiary alicyclic amines) is 1. The van der Waals surface area contributed by atoms with Crippen molar-refractivity contribution in [2.75, 3.05) is 32.1 Å². The second kappa shape index (κ2) is 9.99. The van der Waals surface area contributed by atoms with Crippen LogP contribution >= 0.6 is 11.3 Å². The third-order valence-electron chi connectivity index (χ3n) is 8.04. The van der Waals surface area contributed by atoms with Crippen molar-refractivity contribution in [2.45, 2.75) is 63.5 Å². The Morgan fingerprint density at radius 1 is 1.08 bits per heavy atom. The highest BCUT2D eigenvalue weighted by Gasteiger charge is 2.42. The normalized spacial score (nSPS) is 24.4. The zero-order valence-corrected chi connectivity index (χ0v) is 21.7. The van der Waals surface area contributed by atoms with Gasteiger partial charge < -0.3 is 19.7 Å². The first kappa shape index (κ1) is 23.7. The average Bonchev–Trinajstić information content (AvgIpc) is 3.35. The van der Waals surface area contributed by atoms with Crippen LogP contribution in [-0.4, -0.2) is 68.8 Å². The Balaban J connectivity index is 1.06. The Kier molecular flexibility index (Phi) is 6.57. The number of ether oxygens (including phenoxy) is 2. The molecular formula is C26H33N7O2S. The molecule has 3 aromatic heterocycles. The lowest BCUT2D eigenvalue weighted by molar-refractivity contribution is -0.140. The average molecular weight is 508 g/mol. The van der Waals surface area contributed by atoms with E-state index in [-0.39, 0.29) is 6.10 Å². The van der Waals surface area contributed by atoms with Crippen LogP contribution in [0.3, 0.4) is 0 Å². The molecule has 3 aliphatic rings. The Labute approximate surface area is 215 Å². The lowest BCUT2D eigenvalue weighted by Gasteiger charge is -2.45. The number of thiazole rings is 1. The van der Waals surface area contributed by atoms with Gasteiger partial charge in [0.1, 0.15) is 6.10 Å². The summed E-state index contributed by atoms with van der Waals surface area (Å²) in [4.78, 5) is 26.0. The molecule has 36 heavy (non-hydrogen) atoms. The quantitative estimate of drug-likeness (QED) is 0.510. The summed E-state index contributed by atoms with van der Waals surface area (Å²) in [5.74, 6) is 1.08. The first-order valence-corrected chi connectivity index (χ1v) is 13.7. The third-order valence-corrected chi connectivity index (χ3v) is 8.98. The number of rotatable bonds is 6. The zero-order chi connectivity index (χ0) is 24.5. The maximum absolute atomic E-state index is 6.14. The van der Waals surface area contributed by atoms with Gasteiger partial charge in [-0.3, -0.25) is 0 Å². The molecule has 2 saturated heterocycles. The summed E-state index contributed by atoms with van der Waals surface area (Å²) in [6.45, 7) is 5.20. The molecule has 3 fully saturated rings. The summed E-state index contributed by atoms with van der Waals surface area (Å²) in [5, 5.41) is 3.96. The van der Waals surface area contributed by atoms with E-state index in [1.54, 1.807) is 6.20 Å². The summed E-state index contributed by atoms with van der Waals surface area (Å²) in [7, 11) is 2.19. The fraction of sp³-hybridized carbons (Fsp3) is 0.577. The molecule has 190 valence electrons. The van der Waals surface area contributed by atoms with E-state index in [4.69, 9.17) is 9.47 Å². The summed E-state index contributed by atoms with van der Waals surface area (Å²) in [6, 6.07) is 2.91. The molecule has 6 rings (SSSR count). The number of anilines is 2. The molecule has 1 aliphatic carbocycles. The minimum Gasteiger partial charge on any atom is -0.460 e. The second-order valence-corrected chi connectivity index (χ2v) is 11.6. The van der Waals surface area contributed by atoms with Gasteiger partial charge in [0.2, 0.25) is 5.95 Å². The van der Waals surface area contributed by atoms with E-state index in [0.717, 1.165) is 74.0 Å². The second-order valence-electron chi connectivity index (χ2n) is 10.6. The molecule has 1 saturated carbocycles. The number of hydrogen-bond donors (Lipinski definition) is 1. The molecule has 10 heteroatoms. The van der Waals surface area contributed by atoms with Crippen LogP contribution in [0.5, 0.6) is 6.01 Å². The van der Waals surface area contributed by atoms with E-state index in [0.29, 0.717) is 29.3 Å². The topological polar surface area (TPSA) is 98.2 Å². The van der Waals surface area contributed by atoms with Gasteiger partial charge in [-0.05, 0) is 76.6 Å². The van der Waals surface area contributed by atoms with E-state index in [9.17, 15) is 0 Å². The molecule has 0 unspecified atom stereocenters. The summed E-state index contributed by atoms with van der Waals surface area (Å²) in [5.41, 5.74) is 2.42. The van der Waals surface area contributed by atoms with Gasteiger partial charge in [0.15, 0.2) is 5.13 Å². The standard InChI is InChI=1S/C26H33N7O2S/c1-17-11-18(6-10-33(17)2)19-12-28-23(29-13-19)32-25-30-14-22(36-25)21-5-9-27-24(31-21)35-20-3-7-26(8-4-20)15-34-16-26/h5,9,12-14,17-18,20H,3-4,6-8,10-11,15-16H2,1-2H3,(H,28,29,30,32)/t17-,18-/m0/s1. The van der Waals surface area contributed by atoms with Crippen molar-refractivity contribution >= 4 is 22.4 Å². The molecule has 1 N–H and O–H groups in total. The fourth-order valence-electron chi connectivity index (χ4n) is 5.44. The van der Waals surface area contributed by atoms with Crippen molar-refractivity contribution in [1.29, 1.82) is 0 Å². The van der Waals surface area contributed by atoms with Gasteiger partial charge in [0.05, 0.1) is 23.8 Å². The number of nitrogens with one attached hydrogen (secondary N) is 1. The van der Waals surface area contributed by atoms with Crippen molar-refractivity contribution in [1.82, 2.24) is 29.8 Å². The van der Waals surface area contributed by atoms with Gasteiger partial charge in [-0.15, -0.1) is 0 Å². The molecule has 0 amide bonds. The van der Waals surface area contributed by atoms with Gasteiger partial charge in [-0.1, -0.05) is 11.3 Å². The summed E-state index contributed by atoms with van der Waals surface area (Å²) >= 11 is 1.51. The Morgan fingerprint density at radius 3 is 2.61 bits per heavy atom. The van der Waals surface area contributed by atoms with Crippen molar-refractivity contribution in [2.24, 2.45) is 5.41 Å². The van der Waals surface area contributed by atoms with Gasteiger partial charge in [0.25, 0.3) is 0 Å². The third kappa shape index (κ3) is 5.07. The monoisotopic (exact) mass is 507 g/mol. The predicted molar refractivity (Wildman–Crippen MR) is 139 cm³/mol. The SMILES string of the molecule is C[C@H]1C[C@@H](c2cnc(Nc3ncc(-c4ccnc(OC5CCC6(CC5)COC6)n4)s3)nc2)CCN1C. The van der Waals surface area contributed by atoms with Crippen LogP contribution in [0.1, 0.15) is 56.9 Å². The molecule has 2 atom stereocenters. The molecule has 0 aromatic carbocycles. The van der Waals surface area contributed by atoms with Crippen LogP contribution in [-0.2, 0) is 4.74 Å². The molecule has 1 spiro atoms. The van der Waals surface area contributed by atoms with E-state index in [1.807, 2.05) is 24.7 Å². The van der Waals surface area contributed by atoms with Crippen LogP contribution < -0.4 is 10.1 Å². The van der Waals surface area contributed by atoms with Gasteiger partial charge in [-0.25, -0.2) is 19.9 Å². The molecule has 3 aromatic rings. The Bertz CT molecular complexity index is 1170. The smallest absolute Gasteiger partial charge is 0.317 e. The van der Waals surface area contributed by atoms with Gasteiger partial charge >= 0.3 is 6.01 Å². The minimum absolute atomic E-state index is 0.169. The van der Waals surface area contributed by atoms with Crippen LogP contribution in [0.4, 0.5) is 11.1 Å². The highest BCUT2D eigenvalue weighted by Crippen LogP contribution is 2.43.